The van der Waals surface area contributed by atoms with Gasteiger partial charge in [0.2, 0.25) is 0 Å². The average molecular weight is 346 g/mol. The third-order valence-electron chi connectivity index (χ3n) is 5.95. The van der Waals surface area contributed by atoms with E-state index in [0.717, 1.165) is 37.9 Å². The fourth-order valence-electron chi connectivity index (χ4n) is 4.62. The second kappa shape index (κ2) is 7.77. The van der Waals surface area contributed by atoms with Gasteiger partial charge in [-0.3, -0.25) is 4.79 Å². The first-order chi connectivity index (χ1) is 12.0. The highest BCUT2D eigenvalue weighted by atomic mass is 16.5. The van der Waals surface area contributed by atoms with Crippen LogP contribution < -0.4 is 4.74 Å². The molecule has 4 heteroatoms. The number of esters is 1. The van der Waals surface area contributed by atoms with Gasteiger partial charge in [-0.05, 0) is 55.2 Å². The Bertz CT molecular complexity index is 580. The minimum atomic E-state index is -0.374. The fourth-order valence-corrected chi connectivity index (χ4v) is 4.62. The number of aliphatic hydroxyl groups is 1. The number of fused-ring (bicyclic) bond motifs is 2. The SMILES string of the molecule is COc1ccc(CC2[C@@H]3CCC[C@@H](O)[C@H]2[C@@H](OC(=O)C(C)C)C3)cc1. The van der Waals surface area contributed by atoms with E-state index in [1.54, 1.807) is 7.11 Å². The third kappa shape index (κ3) is 4.00. The molecule has 0 amide bonds. The van der Waals surface area contributed by atoms with Gasteiger partial charge < -0.3 is 14.6 Å². The number of hydrogen-bond acceptors (Lipinski definition) is 4. The zero-order valence-electron chi connectivity index (χ0n) is 15.5. The smallest absolute Gasteiger partial charge is 0.308 e. The largest absolute Gasteiger partial charge is 0.497 e. The van der Waals surface area contributed by atoms with Gasteiger partial charge in [-0.2, -0.15) is 0 Å². The van der Waals surface area contributed by atoms with Gasteiger partial charge in [-0.25, -0.2) is 0 Å². The molecule has 0 saturated heterocycles. The normalized spacial score (nSPS) is 31.6. The van der Waals surface area contributed by atoms with E-state index in [9.17, 15) is 9.90 Å². The number of carbonyl (C=O) groups is 1. The predicted molar refractivity (Wildman–Crippen MR) is 96.4 cm³/mol. The maximum Gasteiger partial charge on any atom is 0.308 e. The van der Waals surface area contributed by atoms with Crippen LogP contribution in [0.2, 0.25) is 0 Å². The maximum absolute atomic E-state index is 12.1. The Morgan fingerprint density at radius 3 is 2.60 bits per heavy atom. The van der Waals surface area contributed by atoms with Gasteiger partial charge >= 0.3 is 5.97 Å². The molecule has 2 aliphatic carbocycles. The van der Waals surface area contributed by atoms with Crippen LogP contribution in [-0.4, -0.2) is 30.4 Å². The summed E-state index contributed by atoms with van der Waals surface area (Å²) in [4.78, 5) is 12.1. The van der Waals surface area contributed by atoms with Crippen molar-refractivity contribution in [2.45, 2.75) is 58.2 Å². The van der Waals surface area contributed by atoms with Gasteiger partial charge in [-0.1, -0.05) is 32.4 Å². The van der Waals surface area contributed by atoms with Crippen LogP contribution in [0.15, 0.2) is 24.3 Å². The average Bonchev–Trinajstić information content (AvgIpc) is 2.83. The lowest BCUT2D eigenvalue weighted by Gasteiger charge is -2.29. The minimum Gasteiger partial charge on any atom is -0.497 e. The lowest BCUT2D eigenvalue weighted by atomic mass is 9.82. The van der Waals surface area contributed by atoms with Gasteiger partial charge in [0, 0.05) is 5.92 Å². The molecule has 1 N–H and O–H groups in total. The Kier molecular flexibility index (Phi) is 5.67. The summed E-state index contributed by atoms with van der Waals surface area (Å²) in [6, 6.07) is 8.18. The lowest BCUT2D eigenvalue weighted by Crippen LogP contribution is -2.36. The highest BCUT2D eigenvalue weighted by molar-refractivity contribution is 5.71. The Hall–Kier alpha value is -1.55. The second-order valence-electron chi connectivity index (χ2n) is 7.92. The molecule has 1 aromatic carbocycles. The highest BCUT2D eigenvalue weighted by Crippen LogP contribution is 2.48. The summed E-state index contributed by atoms with van der Waals surface area (Å²) in [5.41, 5.74) is 1.26. The van der Waals surface area contributed by atoms with Crippen LogP contribution in [0.3, 0.4) is 0 Å². The van der Waals surface area contributed by atoms with Crippen LogP contribution in [0.4, 0.5) is 0 Å². The molecule has 0 aliphatic heterocycles. The molecule has 2 bridgehead atoms. The molecule has 2 saturated carbocycles. The molecule has 0 radical (unpaired) electrons. The number of methoxy groups -OCH3 is 1. The monoisotopic (exact) mass is 346 g/mol. The molecule has 5 atom stereocenters. The summed E-state index contributed by atoms with van der Waals surface area (Å²) in [6.45, 7) is 3.72. The molecule has 25 heavy (non-hydrogen) atoms. The summed E-state index contributed by atoms with van der Waals surface area (Å²) >= 11 is 0. The van der Waals surface area contributed by atoms with Crippen molar-refractivity contribution in [1.82, 2.24) is 0 Å². The number of rotatable bonds is 5. The van der Waals surface area contributed by atoms with Gasteiger partial charge in [0.1, 0.15) is 11.9 Å². The van der Waals surface area contributed by atoms with Crippen molar-refractivity contribution in [2.75, 3.05) is 7.11 Å². The topological polar surface area (TPSA) is 55.8 Å². The van der Waals surface area contributed by atoms with E-state index in [1.165, 1.54) is 5.56 Å². The molecule has 0 spiro atoms. The summed E-state index contributed by atoms with van der Waals surface area (Å²) < 4.78 is 11.0. The molecular weight excluding hydrogens is 316 g/mol. The van der Waals surface area contributed by atoms with Crippen LogP contribution in [0.1, 0.15) is 45.1 Å². The van der Waals surface area contributed by atoms with Gasteiger partial charge in [0.15, 0.2) is 0 Å². The number of ether oxygens (including phenoxy) is 2. The lowest BCUT2D eigenvalue weighted by molar-refractivity contribution is -0.157. The molecule has 2 fully saturated rings. The van der Waals surface area contributed by atoms with Crippen molar-refractivity contribution in [2.24, 2.45) is 23.7 Å². The van der Waals surface area contributed by atoms with E-state index >= 15 is 0 Å². The van der Waals surface area contributed by atoms with Crippen molar-refractivity contribution in [3.8, 4) is 5.75 Å². The second-order valence-corrected chi connectivity index (χ2v) is 7.92. The maximum atomic E-state index is 12.1. The van der Waals surface area contributed by atoms with E-state index in [1.807, 2.05) is 26.0 Å². The minimum absolute atomic E-state index is 0.0531. The van der Waals surface area contributed by atoms with Gasteiger partial charge in [0.25, 0.3) is 0 Å². The first-order valence-corrected chi connectivity index (χ1v) is 9.51. The van der Waals surface area contributed by atoms with Crippen LogP contribution in [0.25, 0.3) is 0 Å². The number of benzene rings is 1. The Morgan fingerprint density at radius 1 is 1.24 bits per heavy atom. The van der Waals surface area contributed by atoms with Crippen LogP contribution >= 0.6 is 0 Å². The van der Waals surface area contributed by atoms with E-state index in [-0.39, 0.29) is 30.0 Å². The highest BCUT2D eigenvalue weighted by Gasteiger charge is 2.49. The quantitative estimate of drug-likeness (QED) is 0.828. The van der Waals surface area contributed by atoms with E-state index in [2.05, 4.69) is 12.1 Å². The molecule has 3 rings (SSSR count). The van der Waals surface area contributed by atoms with E-state index < -0.39 is 0 Å². The van der Waals surface area contributed by atoms with E-state index in [0.29, 0.717) is 11.8 Å². The summed E-state index contributed by atoms with van der Waals surface area (Å²) in [6.07, 6.45) is 4.29. The standard InChI is InChI=1S/C21H30O4/c1-13(2)21(23)25-19-12-15-5-4-6-18(22)20(19)17(15)11-14-7-9-16(24-3)10-8-14/h7-10,13,15,17-20,22H,4-6,11-12H2,1-3H3/t15-,17?,18-,19+,20+/m1/s1. The molecule has 1 unspecified atom stereocenters. The van der Waals surface area contributed by atoms with Gasteiger partial charge in [0.05, 0.1) is 19.1 Å². The van der Waals surface area contributed by atoms with Crippen LogP contribution in [0, 0.1) is 23.7 Å². The molecule has 0 aromatic heterocycles. The number of carbonyl (C=O) groups excluding carboxylic acids is 1. The van der Waals surface area contributed by atoms with Gasteiger partial charge in [-0.15, -0.1) is 0 Å². The summed E-state index contributed by atoms with van der Waals surface area (Å²) in [5.74, 6) is 1.53. The first kappa shape index (κ1) is 18.2. The summed E-state index contributed by atoms with van der Waals surface area (Å²) in [7, 11) is 1.67. The zero-order chi connectivity index (χ0) is 18.0. The fraction of sp³-hybridized carbons (Fsp3) is 0.667. The van der Waals surface area contributed by atoms with Crippen molar-refractivity contribution >= 4 is 5.97 Å². The molecule has 4 nitrogen and oxygen atoms in total. The Balaban J connectivity index is 1.77. The number of aliphatic hydroxyl groups excluding tert-OH is 1. The van der Waals surface area contributed by atoms with Crippen LogP contribution in [-0.2, 0) is 16.0 Å². The molecule has 2 aliphatic rings. The van der Waals surface area contributed by atoms with Crippen molar-refractivity contribution in [1.29, 1.82) is 0 Å². The van der Waals surface area contributed by atoms with Crippen molar-refractivity contribution in [3.63, 3.8) is 0 Å². The molecule has 0 heterocycles. The number of hydrogen-bond donors (Lipinski definition) is 1. The van der Waals surface area contributed by atoms with Crippen LogP contribution in [0.5, 0.6) is 5.75 Å². The molecule has 1 aromatic rings. The van der Waals surface area contributed by atoms with Crippen molar-refractivity contribution in [3.05, 3.63) is 29.8 Å². The summed E-state index contributed by atoms with van der Waals surface area (Å²) in [5, 5.41) is 10.7. The Morgan fingerprint density at radius 2 is 1.96 bits per heavy atom. The van der Waals surface area contributed by atoms with Crippen molar-refractivity contribution < 1.29 is 19.4 Å². The molecular formula is C21H30O4. The zero-order valence-corrected chi connectivity index (χ0v) is 15.5. The third-order valence-corrected chi connectivity index (χ3v) is 5.95. The van der Waals surface area contributed by atoms with E-state index in [4.69, 9.17) is 9.47 Å². The first-order valence-electron chi connectivity index (χ1n) is 9.51. The predicted octanol–water partition coefficient (Wildman–Crippen LogP) is 3.60. The Labute approximate surface area is 150 Å². The molecule has 138 valence electrons.